The summed E-state index contributed by atoms with van der Waals surface area (Å²) in [6.07, 6.45) is 2.82. The van der Waals surface area contributed by atoms with Gasteiger partial charge < -0.3 is 15.7 Å². The van der Waals surface area contributed by atoms with Crippen LogP contribution in [-0.4, -0.2) is 42.3 Å². The van der Waals surface area contributed by atoms with Crippen molar-refractivity contribution in [1.29, 1.82) is 0 Å². The lowest BCUT2D eigenvalue weighted by Gasteiger charge is -2.45. The Morgan fingerprint density at radius 1 is 1.50 bits per heavy atom. The topological polar surface area (TPSA) is 49.5 Å². The van der Waals surface area contributed by atoms with Crippen LogP contribution < -0.4 is 5.73 Å². The van der Waals surface area contributed by atoms with Crippen molar-refractivity contribution in [3.8, 4) is 0 Å². The van der Waals surface area contributed by atoms with Gasteiger partial charge >= 0.3 is 0 Å². The Morgan fingerprint density at radius 3 is 2.43 bits per heavy atom. The summed E-state index contributed by atoms with van der Waals surface area (Å²) in [6.45, 7) is 6.20. The van der Waals surface area contributed by atoms with Crippen LogP contribution in [0.1, 0.15) is 33.1 Å². The van der Waals surface area contributed by atoms with Gasteiger partial charge in [0.1, 0.15) is 0 Å². The Kier molecular flexibility index (Phi) is 3.93. The molecule has 0 unspecified atom stereocenters. The fourth-order valence-corrected chi connectivity index (χ4v) is 2.08. The van der Waals surface area contributed by atoms with Crippen molar-refractivity contribution in [3.63, 3.8) is 0 Å². The Balaban J connectivity index is 2.29. The van der Waals surface area contributed by atoms with E-state index in [4.69, 9.17) is 5.73 Å². The first-order valence-electron chi connectivity index (χ1n) is 5.57. The monoisotopic (exact) mass is 200 g/mol. The number of rotatable bonds is 5. The van der Waals surface area contributed by atoms with Crippen LogP contribution in [0.3, 0.4) is 0 Å². The van der Waals surface area contributed by atoms with Gasteiger partial charge in [0.25, 0.3) is 0 Å². The zero-order valence-corrected chi connectivity index (χ0v) is 9.66. The van der Waals surface area contributed by atoms with E-state index in [2.05, 4.69) is 25.8 Å². The number of aliphatic hydroxyl groups excluding tert-OH is 1. The van der Waals surface area contributed by atoms with Crippen molar-refractivity contribution >= 4 is 0 Å². The van der Waals surface area contributed by atoms with Crippen LogP contribution >= 0.6 is 0 Å². The molecule has 1 saturated carbocycles. The zero-order chi connectivity index (χ0) is 10.8. The van der Waals surface area contributed by atoms with Crippen LogP contribution in [0.5, 0.6) is 0 Å². The lowest BCUT2D eigenvalue weighted by atomic mass is 9.65. The van der Waals surface area contributed by atoms with Gasteiger partial charge in [-0.3, -0.25) is 0 Å². The summed E-state index contributed by atoms with van der Waals surface area (Å²) in [7, 11) is 2.14. The smallest absolute Gasteiger partial charge is 0.0551 e. The van der Waals surface area contributed by atoms with Gasteiger partial charge in [0.05, 0.1) is 6.10 Å². The molecule has 0 aromatic heterocycles. The normalized spacial score (nSPS) is 32.4. The standard InChI is InChI=1S/C11H24N2O/c1-9(2)13(3)5-4-11(8-12)6-10(14)7-11/h9-10,14H,4-8,12H2,1-3H3. The summed E-state index contributed by atoms with van der Waals surface area (Å²) in [5.41, 5.74) is 6.00. The van der Waals surface area contributed by atoms with E-state index in [1.165, 1.54) is 0 Å². The molecule has 0 aliphatic heterocycles. The molecule has 0 aromatic carbocycles. The van der Waals surface area contributed by atoms with E-state index in [1.807, 2.05) is 0 Å². The van der Waals surface area contributed by atoms with E-state index >= 15 is 0 Å². The molecule has 1 rings (SSSR count). The van der Waals surface area contributed by atoms with Crippen molar-refractivity contribution < 1.29 is 5.11 Å². The lowest BCUT2D eigenvalue weighted by Crippen LogP contribution is -2.48. The Morgan fingerprint density at radius 2 is 2.07 bits per heavy atom. The number of nitrogens with two attached hydrogens (primary N) is 1. The highest BCUT2D eigenvalue weighted by Crippen LogP contribution is 2.43. The molecule has 0 saturated heterocycles. The van der Waals surface area contributed by atoms with Crippen LogP contribution in [-0.2, 0) is 0 Å². The summed E-state index contributed by atoms with van der Waals surface area (Å²) in [6, 6.07) is 0.592. The quantitative estimate of drug-likeness (QED) is 0.690. The zero-order valence-electron chi connectivity index (χ0n) is 9.66. The minimum Gasteiger partial charge on any atom is -0.393 e. The SMILES string of the molecule is CC(C)N(C)CCC1(CN)CC(O)C1. The largest absolute Gasteiger partial charge is 0.393 e. The molecule has 14 heavy (non-hydrogen) atoms. The molecular formula is C11H24N2O. The van der Waals surface area contributed by atoms with Crippen molar-refractivity contribution in [3.05, 3.63) is 0 Å². The van der Waals surface area contributed by atoms with Gasteiger partial charge in [-0.2, -0.15) is 0 Å². The minimum absolute atomic E-state index is 0.0945. The third-order valence-corrected chi connectivity index (χ3v) is 3.65. The molecule has 0 radical (unpaired) electrons. The van der Waals surface area contributed by atoms with Gasteiger partial charge in [-0.1, -0.05) is 0 Å². The molecule has 1 aliphatic rings. The molecule has 1 fully saturated rings. The van der Waals surface area contributed by atoms with Crippen LogP contribution in [0.25, 0.3) is 0 Å². The van der Waals surface area contributed by atoms with E-state index in [0.717, 1.165) is 32.4 Å². The number of aliphatic hydroxyl groups is 1. The van der Waals surface area contributed by atoms with E-state index < -0.39 is 0 Å². The first-order valence-corrected chi connectivity index (χ1v) is 5.57. The average Bonchev–Trinajstić information content (AvgIpc) is 2.09. The molecule has 3 nitrogen and oxygen atoms in total. The van der Waals surface area contributed by atoms with Crippen molar-refractivity contribution in [2.75, 3.05) is 20.1 Å². The second-order valence-electron chi connectivity index (χ2n) is 5.09. The van der Waals surface area contributed by atoms with E-state index in [9.17, 15) is 5.11 Å². The average molecular weight is 200 g/mol. The van der Waals surface area contributed by atoms with Gasteiger partial charge in [-0.05, 0) is 58.7 Å². The lowest BCUT2D eigenvalue weighted by molar-refractivity contribution is -0.0361. The Bertz CT molecular complexity index is 176. The van der Waals surface area contributed by atoms with E-state index in [-0.39, 0.29) is 11.5 Å². The highest BCUT2D eigenvalue weighted by Gasteiger charge is 2.41. The summed E-state index contributed by atoms with van der Waals surface area (Å²) in [5, 5.41) is 9.32. The summed E-state index contributed by atoms with van der Waals surface area (Å²) >= 11 is 0. The summed E-state index contributed by atoms with van der Waals surface area (Å²) in [5.74, 6) is 0. The van der Waals surface area contributed by atoms with Crippen LogP contribution in [0.2, 0.25) is 0 Å². The predicted molar refractivity (Wildman–Crippen MR) is 59.1 cm³/mol. The van der Waals surface area contributed by atoms with Gasteiger partial charge in [-0.25, -0.2) is 0 Å². The minimum atomic E-state index is -0.0945. The third kappa shape index (κ3) is 2.69. The van der Waals surface area contributed by atoms with Gasteiger partial charge in [0.2, 0.25) is 0 Å². The molecule has 0 spiro atoms. The molecule has 84 valence electrons. The van der Waals surface area contributed by atoms with E-state index in [0.29, 0.717) is 6.04 Å². The second-order valence-corrected chi connectivity index (χ2v) is 5.09. The van der Waals surface area contributed by atoms with Crippen molar-refractivity contribution in [1.82, 2.24) is 4.90 Å². The maximum absolute atomic E-state index is 9.32. The summed E-state index contributed by atoms with van der Waals surface area (Å²) in [4.78, 5) is 2.34. The van der Waals surface area contributed by atoms with Crippen molar-refractivity contribution in [2.45, 2.75) is 45.3 Å². The van der Waals surface area contributed by atoms with Crippen molar-refractivity contribution in [2.24, 2.45) is 11.1 Å². The molecule has 3 heteroatoms. The Labute approximate surface area is 87.3 Å². The van der Waals surface area contributed by atoms with Crippen LogP contribution in [0.4, 0.5) is 0 Å². The predicted octanol–water partition coefficient (Wildman–Crippen LogP) is 0.817. The van der Waals surface area contributed by atoms with Gasteiger partial charge in [-0.15, -0.1) is 0 Å². The third-order valence-electron chi connectivity index (χ3n) is 3.65. The highest BCUT2D eigenvalue weighted by molar-refractivity contribution is 4.94. The number of hydrogen-bond donors (Lipinski definition) is 2. The molecule has 0 atom stereocenters. The molecule has 3 N–H and O–H groups in total. The summed E-state index contributed by atoms with van der Waals surface area (Å²) < 4.78 is 0. The van der Waals surface area contributed by atoms with Crippen LogP contribution in [0.15, 0.2) is 0 Å². The maximum atomic E-state index is 9.32. The first kappa shape index (κ1) is 12.0. The van der Waals surface area contributed by atoms with Gasteiger partial charge in [0.15, 0.2) is 0 Å². The van der Waals surface area contributed by atoms with Gasteiger partial charge in [0, 0.05) is 6.04 Å². The maximum Gasteiger partial charge on any atom is 0.0551 e. The van der Waals surface area contributed by atoms with E-state index in [1.54, 1.807) is 0 Å². The molecule has 1 aliphatic carbocycles. The number of nitrogens with zero attached hydrogens (tertiary/aromatic N) is 1. The Hall–Kier alpha value is -0.120. The highest BCUT2D eigenvalue weighted by atomic mass is 16.3. The second kappa shape index (κ2) is 4.60. The van der Waals surface area contributed by atoms with Crippen LogP contribution in [0, 0.1) is 5.41 Å². The molecule has 0 aromatic rings. The number of hydrogen-bond acceptors (Lipinski definition) is 3. The molecule has 0 amide bonds. The first-order chi connectivity index (χ1) is 6.49. The fraction of sp³-hybridized carbons (Fsp3) is 1.00. The molecule has 0 bridgehead atoms. The fourth-order valence-electron chi connectivity index (χ4n) is 2.08. The molecule has 0 heterocycles. The molecular weight excluding hydrogens is 176 g/mol.